The van der Waals surface area contributed by atoms with E-state index in [1.165, 1.54) is 0 Å². The Kier molecular flexibility index (Phi) is 9.95. The maximum Gasteiger partial charge on any atom is 0.306 e. The molecule has 0 heterocycles. The Hall–Kier alpha value is -3.02. The lowest BCUT2D eigenvalue weighted by Crippen LogP contribution is -2.44. The van der Waals surface area contributed by atoms with Crippen LogP contribution in [0.25, 0.3) is 0 Å². The molecule has 4 rings (SSSR count). The monoisotopic (exact) mass is 577 g/mol. The van der Waals surface area contributed by atoms with Crippen LogP contribution in [0.1, 0.15) is 126 Å². The molecule has 0 aliphatic heterocycles. The van der Waals surface area contributed by atoms with Crippen molar-refractivity contribution in [2.45, 2.75) is 122 Å². The van der Waals surface area contributed by atoms with Gasteiger partial charge in [0.1, 0.15) is 17.2 Å². The molecule has 42 heavy (non-hydrogen) atoms. The third kappa shape index (κ3) is 6.95. The summed E-state index contributed by atoms with van der Waals surface area (Å²) in [6.45, 7) is 9.65. The number of hydrogen-bond donors (Lipinski definition) is 1. The van der Waals surface area contributed by atoms with Gasteiger partial charge in [0.15, 0.2) is 0 Å². The molecule has 2 unspecified atom stereocenters. The number of unbranched alkanes of at least 4 members (excludes halogenated alkanes) is 1. The molecule has 0 radical (unpaired) electrons. The number of ether oxygens (including phenoxy) is 1. The van der Waals surface area contributed by atoms with Gasteiger partial charge in [-0.2, -0.15) is 0 Å². The Labute approximate surface area is 250 Å². The van der Waals surface area contributed by atoms with E-state index in [0.29, 0.717) is 25.7 Å². The minimum Gasteiger partial charge on any atom is -0.460 e. The fourth-order valence-corrected chi connectivity index (χ4v) is 7.59. The summed E-state index contributed by atoms with van der Waals surface area (Å²) in [7, 11) is 0. The summed E-state index contributed by atoms with van der Waals surface area (Å²) >= 11 is 0. The van der Waals surface area contributed by atoms with Gasteiger partial charge in [0.25, 0.3) is 0 Å². The molecule has 2 aromatic rings. The molecule has 0 aromatic heterocycles. The molecule has 2 aliphatic carbocycles. The number of amides is 1. The summed E-state index contributed by atoms with van der Waals surface area (Å²) in [5, 5.41) is 0. The van der Waals surface area contributed by atoms with E-state index >= 15 is 4.39 Å². The van der Waals surface area contributed by atoms with Crippen molar-refractivity contribution >= 4 is 17.7 Å². The minimum absolute atomic E-state index is 0.00853. The van der Waals surface area contributed by atoms with Crippen molar-refractivity contribution in [2.75, 3.05) is 0 Å². The molecule has 0 spiro atoms. The molecule has 6 heteroatoms. The SMILES string of the molecule is CCCCC(CC(=O)OC(C)(C)C)c1cc(F)cc2c1CCC(=O)[C@]2(C)C1CC[C@H](C(N)=O)[C@H](c2ccccc2)CC1. The number of hydrogen-bond acceptors (Lipinski definition) is 4. The minimum atomic E-state index is -0.876. The summed E-state index contributed by atoms with van der Waals surface area (Å²) in [6, 6.07) is 13.2. The van der Waals surface area contributed by atoms with Gasteiger partial charge in [0.05, 0.1) is 11.8 Å². The molecule has 5 atom stereocenters. The van der Waals surface area contributed by atoms with Crippen LogP contribution in [0.2, 0.25) is 0 Å². The maximum atomic E-state index is 15.5. The summed E-state index contributed by atoms with van der Waals surface area (Å²) < 4.78 is 21.2. The Bertz CT molecular complexity index is 1280. The fourth-order valence-electron chi connectivity index (χ4n) is 7.59. The molecule has 2 aliphatic rings. The van der Waals surface area contributed by atoms with E-state index in [0.717, 1.165) is 54.4 Å². The number of esters is 1. The van der Waals surface area contributed by atoms with Crippen LogP contribution in [-0.4, -0.2) is 23.3 Å². The van der Waals surface area contributed by atoms with E-state index in [4.69, 9.17) is 10.5 Å². The van der Waals surface area contributed by atoms with Gasteiger partial charge in [0.2, 0.25) is 5.91 Å². The van der Waals surface area contributed by atoms with Crippen molar-refractivity contribution in [2.24, 2.45) is 17.6 Å². The number of benzene rings is 2. The van der Waals surface area contributed by atoms with E-state index in [2.05, 4.69) is 6.92 Å². The highest BCUT2D eigenvalue weighted by atomic mass is 19.1. The Balaban J connectivity index is 1.72. The summed E-state index contributed by atoms with van der Waals surface area (Å²) in [4.78, 5) is 39.4. The van der Waals surface area contributed by atoms with Crippen molar-refractivity contribution in [1.29, 1.82) is 0 Å². The first kappa shape index (κ1) is 31.9. The third-order valence-corrected chi connectivity index (χ3v) is 9.72. The quantitative estimate of drug-likeness (QED) is 0.245. The Morgan fingerprint density at radius 3 is 2.40 bits per heavy atom. The van der Waals surface area contributed by atoms with Crippen molar-refractivity contribution in [1.82, 2.24) is 0 Å². The summed E-state index contributed by atoms with van der Waals surface area (Å²) in [5.41, 5.74) is 8.16. The van der Waals surface area contributed by atoms with Gasteiger partial charge in [-0.05, 0) is 118 Å². The van der Waals surface area contributed by atoms with Crippen molar-refractivity contribution < 1.29 is 23.5 Å². The van der Waals surface area contributed by atoms with Crippen LogP contribution in [-0.2, 0) is 31.0 Å². The van der Waals surface area contributed by atoms with Crippen molar-refractivity contribution in [3.05, 3.63) is 70.5 Å². The van der Waals surface area contributed by atoms with Crippen LogP contribution in [0.4, 0.5) is 4.39 Å². The highest BCUT2D eigenvalue weighted by Crippen LogP contribution is 2.50. The topological polar surface area (TPSA) is 86.5 Å². The average molecular weight is 578 g/mol. The molecule has 1 fully saturated rings. The zero-order valence-electron chi connectivity index (χ0n) is 26.0. The lowest BCUT2D eigenvalue weighted by atomic mass is 9.60. The summed E-state index contributed by atoms with van der Waals surface area (Å²) in [5.74, 6) is -1.39. The number of Topliss-reactive ketones (excluding diaryl/α,β-unsaturated/α-hetero) is 1. The molecular formula is C36H48FNO4. The zero-order valence-corrected chi connectivity index (χ0v) is 26.0. The predicted octanol–water partition coefficient (Wildman–Crippen LogP) is 7.68. The van der Waals surface area contributed by atoms with Gasteiger partial charge in [-0.3, -0.25) is 14.4 Å². The molecule has 1 saturated carbocycles. The Morgan fingerprint density at radius 1 is 1.07 bits per heavy atom. The van der Waals surface area contributed by atoms with Gasteiger partial charge in [-0.15, -0.1) is 0 Å². The molecule has 5 nitrogen and oxygen atoms in total. The lowest BCUT2D eigenvalue weighted by Gasteiger charge is -2.42. The van der Waals surface area contributed by atoms with Gasteiger partial charge in [-0.1, -0.05) is 50.1 Å². The third-order valence-electron chi connectivity index (χ3n) is 9.72. The highest BCUT2D eigenvalue weighted by Gasteiger charge is 2.48. The van der Waals surface area contributed by atoms with E-state index < -0.39 is 11.0 Å². The van der Waals surface area contributed by atoms with E-state index in [-0.39, 0.29) is 53.6 Å². The molecule has 0 bridgehead atoms. The smallest absolute Gasteiger partial charge is 0.306 e. The second-order valence-electron chi connectivity index (χ2n) is 13.7. The van der Waals surface area contributed by atoms with Crippen LogP contribution < -0.4 is 5.73 Å². The van der Waals surface area contributed by atoms with Gasteiger partial charge >= 0.3 is 5.97 Å². The normalized spacial score (nSPS) is 25.3. The zero-order chi connectivity index (χ0) is 30.7. The second-order valence-corrected chi connectivity index (χ2v) is 13.7. The Morgan fingerprint density at radius 2 is 1.76 bits per heavy atom. The molecule has 2 N–H and O–H groups in total. The number of ketones is 1. The van der Waals surface area contributed by atoms with E-state index in [1.54, 1.807) is 12.1 Å². The molecule has 1 amide bonds. The van der Waals surface area contributed by atoms with Crippen LogP contribution in [0.5, 0.6) is 0 Å². The number of carbonyl (C=O) groups is 3. The number of carbonyl (C=O) groups excluding carboxylic acids is 3. The number of rotatable bonds is 9. The molecule has 228 valence electrons. The van der Waals surface area contributed by atoms with E-state index in [1.807, 2.05) is 58.0 Å². The van der Waals surface area contributed by atoms with Crippen LogP contribution in [0, 0.1) is 17.7 Å². The molecule has 2 aromatic carbocycles. The van der Waals surface area contributed by atoms with Crippen LogP contribution >= 0.6 is 0 Å². The van der Waals surface area contributed by atoms with Crippen molar-refractivity contribution in [3.8, 4) is 0 Å². The van der Waals surface area contributed by atoms with Crippen LogP contribution in [0.15, 0.2) is 42.5 Å². The molecular weight excluding hydrogens is 529 g/mol. The first-order valence-corrected chi connectivity index (χ1v) is 15.8. The van der Waals surface area contributed by atoms with Crippen molar-refractivity contribution in [3.63, 3.8) is 0 Å². The first-order chi connectivity index (χ1) is 19.8. The fraction of sp³-hybridized carbons (Fsp3) is 0.583. The number of halogens is 1. The number of fused-ring (bicyclic) bond motifs is 1. The largest absolute Gasteiger partial charge is 0.460 e. The number of primary amides is 1. The average Bonchev–Trinajstić information content (AvgIpc) is 3.16. The maximum absolute atomic E-state index is 15.5. The predicted molar refractivity (Wildman–Crippen MR) is 164 cm³/mol. The second kappa shape index (κ2) is 13.1. The number of nitrogens with two attached hydrogens (primary N) is 1. The standard InChI is InChI=1S/C36H48FNO4/c1-6-7-11-24(20-33(40)42-35(2,3)4)30-21-26(37)22-31-28(30)18-19-32(39)36(31,5)25-14-16-27(23-12-9-8-10-13-23)29(17-15-25)34(38)41/h8-10,12-13,21-22,24-25,27,29H,6-7,11,14-20H2,1-5H3,(H2,38,41)/t24?,25?,27-,29-,36+/m0/s1. The van der Waals surface area contributed by atoms with Gasteiger partial charge in [-0.25, -0.2) is 4.39 Å². The molecule has 0 saturated heterocycles. The van der Waals surface area contributed by atoms with Gasteiger partial charge < -0.3 is 10.5 Å². The summed E-state index contributed by atoms with van der Waals surface area (Å²) in [6.07, 6.45) is 6.47. The lowest BCUT2D eigenvalue weighted by molar-refractivity contribution is -0.155. The first-order valence-electron chi connectivity index (χ1n) is 15.8. The van der Waals surface area contributed by atoms with Crippen LogP contribution in [0.3, 0.4) is 0 Å². The van der Waals surface area contributed by atoms with E-state index in [9.17, 15) is 14.4 Å². The highest BCUT2D eigenvalue weighted by molar-refractivity contribution is 5.92. The van der Waals surface area contributed by atoms with Gasteiger partial charge in [0, 0.05) is 12.3 Å².